The predicted molar refractivity (Wildman–Crippen MR) is 132 cm³/mol. The minimum atomic E-state index is -3.78. The highest BCUT2D eigenvalue weighted by atomic mass is 32.2. The number of benzene rings is 2. The van der Waals surface area contributed by atoms with Crippen molar-refractivity contribution < 1.29 is 17.6 Å². The normalized spacial score (nSPS) is 18.4. The van der Waals surface area contributed by atoms with E-state index < -0.39 is 10.0 Å². The van der Waals surface area contributed by atoms with Crippen molar-refractivity contribution in [1.82, 2.24) is 10.2 Å². The molecule has 1 fully saturated rings. The van der Waals surface area contributed by atoms with E-state index in [9.17, 15) is 17.6 Å². The van der Waals surface area contributed by atoms with Gasteiger partial charge in [-0.05, 0) is 42.9 Å². The van der Waals surface area contributed by atoms with Gasteiger partial charge in [-0.3, -0.25) is 4.79 Å². The van der Waals surface area contributed by atoms with Gasteiger partial charge in [0.15, 0.2) is 0 Å². The number of hydrogen-bond acceptors (Lipinski definition) is 4. The number of carbonyl (C=O) groups excluding carboxylic acids is 1. The van der Waals surface area contributed by atoms with E-state index in [4.69, 9.17) is 0 Å². The molecule has 1 saturated heterocycles. The number of rotatable bonds is 5. The SMILES string of the molecule is CC1=C(c2ccc(C(C)C)cc2)S(=O)(=O)N=C1N1CCC(C(=O)NCc2ccccc2F)CC1. The summed E-state index contributed by atoms with van der Waals surface area (Å²) in [6.45, 7) is 7.19. The highest BCUT2D eigenvalue weighted by Crippen LogP contribution is 2.35. The molecule has 0 radical (unpaired) electrons. The van der Waals surface area contributed by atoms with E-state index >= 15 is 0 Å². The molecule has 2 aromatic rings. The van der Waals surface area contributed by atoms with Gasteiger partial charge in [-0.1, -0.05) is 56.3 Å². The molecule has 2 aliphatic rings. The molecule has 8 heteroatoms. The van der Waals surface area contributed by atoms with E-state index in [0.717, 1.165) is 5.56 Å². The maximum absolute atomic E-state index is 13.8. The number of nitrogens with zero attached hydrogens (tertiary/aromatic N) is 2. The highest BCUT2D eigenvalue weighted by molar-refractivity contribution is 8.00. The van der Waals surface area contributed by atoms with Crippen molar-refractivity contribution >= 4 is 26.7 Å². The van der Waals surface area contributed by atoms with Crippen molar-refractivity contribution in [2.75, 3.05) is 13.1 Å². The zero-order valence-electron chi connectivity index (χ0n) is 19.7. The third-order valence-electron chi connectivity index (χ3n) is 6.56. The second-order valence-electron chi connectivity index (χ2n) is 9.19. The summed E-state index contributed by atoms with van der Waals surface area (Å²) in [4.78, 5) is 14.8. The molecule has 0 spiro atoms. The molecule has 2 aromatic carbocycles. The number of hydrogen-bond donors (Lipinski definition) is 1. The Balaban J connectivity index is 1.41. The molecule has 0 aromatic heterocycles. The Kier molecular flexibility index (Phi) is 6.89. The lowest BCUT2D eigenvalue weighted by Crippen LogP contribution is -2.43. The zero-order valence-corrected chi connectivity index (χ0v) is 20.5. The van der Waals surface area contributed by atoms with Crippen molar-refractivity contribution in [3.05, 3.63) is 76.6 Å². The molecule has 1 N–H and O–H groups in total. The minimum Gasteiger partial charge on any atom is -0.356 e. The predicted octanol–water partition coefficient (Wildman–Crippen LogP) is 4.45. The number of halogens is 1. The first-order chi connectivity index (χ1) is 16.2. The van der Waals surface area contributed by atoms with Gasteiger partial charge in [0.25, 0.3) is 10.0 Å². The molecule has 34 heavy (non-hydrogen) atoms. The van der Waals surface area contributed by atoms with Crippen LogP contribution in [0.25, 0.3) is 4.91 Å². The minimum absolute atomic E-state index is 0.109. The summed E-state index contributed by atoms with van der Waals surface area (Å²) in [5, 5.41) is 2.82. The van der Waals surface area contributed by atoms with E-state index in [1.165, 1.54) is 6.07 Å². The maximum Gasteiger partial charge on any atom is 0.285 e. The molecule has 180 valence electrons. The molecule has 0 aliphatic carbocycles. The van der Waals surface area contributed by atoms with Gasteiger partial charge in [-0.25, -0.2) is 4.39 Å². The lowest BCUT2D eigenvalue weighted by Gasteiger charge is -2.32. The van der Waals surface area contributed by atoms with Crippen molar-refractivity contribution in [1.29, 1.82) is 0 Å². The van der Waals surface area contributed by atoms with E-state index in [-0.39, 0.29) is 29.1 Å². The fourth-order valence-corrected chi connectivity index (χ4v) is 6.01. The topological polar surface area (TPSA) is 78.8 Å². The fraction of sp³-hybridized carbons (Fsp3) is 0.385. The first-order valence-corrected chi connectivity index (χ1v) is 13.0. The monoisotopic (exact) mass is 483 g/mol. The summed E-state index contributed by atoms with van der Waals surface area (Å²) in [7, 11) is -3.78. The average molecular weight is 484 g/mol. The fourth-order valence-electron chi connectivity index (χ4n) is 4.52. The Bertz CT molecular complexity index is 1240. The molecule has 0 bridgehead atoms. The van der Waals surface area contributed by atoms with Crippen LogP contribution in [-0.4, -0.2) is 38.2 Å². The van der Waals surface area contributed by atoms with Gasteiger partial charge >= 0.3 is 0 Å². The van der Waals surface area contributed by atoms with Crippen LogP contribution in [-0.2, 0) is 21.4 Å². The number of nitrogens with one attached hydrogen (secondary N) is 1. The van der Waals surface area contributed by atoms with E-state index in [1.807, 2.05) is 29.2 Å². The second-order valence-corrected chi connectivity index (χ2v) is 10.7. The van der Waals surface area contributed by atoms with Crippen LogP contribution in [0.2, 0.25) is 0 Å². The van der Waals surface area contributed by atoms with Crippen LogP contribution in [0.5, 0.6) is 0 Å². The summed E-state index contributed by atoms with van der Waals surface area (Å²) in [6, 6.07) is 14.0. The van der Waals surface area contributed by atoms with Crippen LogP contribution in [0.3, 0.4) is 0 Å². The van der Waals surface area contributed by atoms with Crippen LogP contribution < -0.4 is 5.32 Å². The number of amides is 1. The quantitative estimate of drug-likeness (QED) is 0.682. The summed E-state index contributed by atoms with van der Waals surface area (Å²) in [5.74, 6) is 0.181. The van der Waals surface area contributed by atoms with E-state index in [0.29, 0.717) is 54.4 Å². The maximum atomic E-state index is 13.8. The molecule has 2 heterocycles. The van der Waals surface area contributed by atoms with Crippen molar-refractivity contribution in [3.8, 4) is 0 Å². The van der Waals surface area contributed by atoms with Crippen LogP contribution in [0.15, 0.2) is 58.5 Å². The van der Waals surface area contributed by atoms with Crippen LogP contribution in [0.4, 0.5) is 4.39 Å². The molecule has 0 saturated carbocycles. The van der Waals surface area contributed by atoms with Gasteiger partial charge in [0.05, 0.1) is 0 Å². The molecular weight excluding hydrogens is 453 g/mol. The van der Waals surface area contributed by atoms with Gasteiger partial charge < -0.3 is 10.2 Å². The number of piperidine rings is 1. The van der Waals surface area contributed by atoms with Gasteiger partial charge in [0.1, 0.15) is 16.6 Å². The van der Waals surface area contributed by atoms with Crippen molar-refractivity contribution in [3.63, 3.8) is 0 Å². The highest BCUT2D eigenvalue weighted by Gasteiger charge is 2.35. The lowest BCUT2D eigenvalue weighted by molar-refractivity contribution is -0.126. The van der Waals surface area contributed by atoms with E-state index in [1.54, 1.807) is 25.1 Å². The largest absolute Gasteiger partial charge is 0.356 e. The lowest BCUT2D eigenvalue weighted by atomic mass is 9.95. The average Bonchev–Trinajstić information content (AvgIpc) is 3.07. The van der Waals surface area contributed by atoms with Gasteiger partial charge in [0.2, 0.25) is 5.91 Å². The van der Waals surface area contributed by atoms with Crippen molar-refractivity contribution in [2.24, 2.45) is 10.3 Å². The molecule has 0 unspecified atom stereocenters. The third-order valence-corrected chi connectivity index (χ3v) is 8.03. The zero-order chi connectivity index (χ0) is 24.5. The first-order valence-electron chi connectivity index (χ1n) is 11.6. The third kappa shape index (κ3) is 4.92. The Labute approximate surface area is 200 Å². The first kappa shape index (κ1) is 24.1. The molecule has 0 atom stereocenters. The standard InChI is InChI=1S/C26H30FN3O3S/c1-17(2)19-8-10-20(11-9-19)24-18(3)25(29-34(24,32)33)30-14-12-21(13-15-30)26(31)28-16-22-6-4-5-7-23(22)27/h4-11,17,21H,12-16H2,1-3H3,(H,28,31). The van der Waals surface area contributed by atoms with Crippen LogP contribution >= 0.6 is 0 Å². The van der Waals surface area contributed by atoms with Gasteiger partial charge in [-0.2, -0.15) is 8.42 Å². The number of carbonyl (C=O) groups is 1. The van der Waals surface area contributed by atoms with Gasteiger partial charge in [-0.15, -0.1) is 4.40 Å². The Morgan fingerprint density at radius 2 is 1.76 bits per heavy atom. The Morgan fingerprint density at radius 3 is 2.38 bits per heavy atom. The molecule has 2 aliphatic heterocycles. The van der Waals surface area contributed by atoms with Gasteiger partial charge in [0, 0.05) is 36.7 Å². The molecule has 6 nitrogen and oxygen atoms in total. The Hall–Kier alpha value is -3.00. The summed E-state index contributed by atoms with van der Waals surface area (Å²) < 4.78 is 43.7. The molecule has 1 amide bonds. The smallest absolute Gasteiger partial charge is 0.285 e. The van der Waals surface area contributed by atoms with Crippen LogP contribution in [0.1, 0.15) is 56.2 Å². The number of amidine groups is 1. The summed E-state index contributed by atoms with van der Waals surface area (Å²) in [6.07, 6.45) is 1.15. The van der Waals surface area contributed by atoms with Crippen molar-refractivity contribution in [2.45, 2.75) is 46.1 Å². The van der Waals surface area contributed by atoms with E-state index in [2.05, 4.69) is 23.6 Å². The summed E-state index contributed by atoms with van der Waals surface area (Å²) in [5.41, 5.74) is 2.88. The molecule has 4 rings (SSSR count). The number of sulfonamides is 1. The Morgan fingerprint density at radius 1 is 1.12 bits per heavy atom. The summed E-state index contributed by atoms with van der Waals surface area (Å²) >= 11 is 0. The number of likely N-dealkylation sites (tertiary alicyclic amines) is 1. The van der Waals surface area contributed by atoms with Crippen LogP contribution in [0, 0.1) is 11.7 Å². The second kappa shape index (κ2) is 9.70. The molecular formula is C26H30FN3O3S.